The van der Waals surface area contributed by atoms with Crippen molar-refractivity contribution in [1.82, 2.24) is 9.88 Å². The van der Waals surface area contributed by atoms with Crippen LogP contribution in [0, 0.1) is 11.3 Å². The number of hydrogen-bond acceptors (Lipinski definition) is 5. The fourth-order valence-corrected chi connectivity index (χ4v) is 3.77. The molecule has 3 aromatic rings. The van der Waals surface area contributed by atoms with Gasteiger partial charge in [-0.05, 0) is 49.7 Å². The molecule has 138 valence electrons. The van der Waals surface area contributed by atoms with Gasteiger partial charge in [-0.15, -0.1) is 0 Å². The molecule has 27 heavy (non-hydrogen) atoms. The SMILES string of the molecule is CC(CNc1oc(-c2cccc3ccccc23)nc1C#N)N1CCCCC1. The monoisotopic (exact) mass is 360 g/mol. The molecule has 1 aliphatic rings. The molecule has 2 heterocycles. The number of fused-ring (bicyclic) bond motifs is 1. The van der Waals surface area contributed by atoms with Crippen molar-refractivity contribution in [3.8, 4) is 17.5 Å². The number of anilines is 1. The maximum atomic E-state index is 9.48. The average Bonchev–Trinajstić information content (AvgIpc) is 3.15. The zero-order valence-corrected chi connectivity index (χ0v) is 15.6. The molecule has 0 spiro atoms. The molecule has 5 heteroatoms. The smallest absolute Gasteiger partial charge is 0.232 e. The molecule has 0 aliphatic carbocycles. The van der Waals surface area contributed by atoms with Crippen LogP contribution in [0.3, 0.4) is 0 Å². The van der Waals surface area contributed by atoms with Crippen molar-refractivity contribution in [3.63, 3.8) is 0 Å². The second-order valence-electron chi connectivity index (χ2n) is 7.16. The van der Waals surface area contributed by atoms with E-state index < -0.39 is 0 Å². The highest BCUT2D eigenvalue weighted by atomic mass is 16.4. The first-order valence-electron chi connectivity index (χ1n) is 9.63. The molecule has 4 rings (SSSR count). The Bertz CT molecular complexity index is 961. The highest BCUT2D eigenvalue weighted by molar-refractivity contribution is 5.94. The van der Waals surface area contributed by atoms with Gasteiger partial charge in [-0.3, -0.25) is 4.90 Å². The van der Waals surface area contributed by atoms with E-state index in [1.807, 2.05) is 30.3 Å². The van der Waals surface area contributed by atoms with Crippen LogP contribution in [-0.4, -0.2) is 35.6 Å². The lowest BCUT2D eigenvalue weighted by molar-refractivity contribution is 0.180. The fraction of sp³-hybridized carbons (Fsp3) is 0.364. The zero-order chi connectivity index (χ0) is 18.6. The summed E-state index contributed by atoms with van der Waals surface area (Å²) in [7, 11) is 0. The number of nitrogens with one attached hydrogen (secondary N) is 1. The molecule has 1 saturated heterocycles. The Labute approximate surface area is 159 Å². The molecule has 0 radical (unpaired) electrons. The van der Waals surface area contributed by atoms with Crippen molar-refractivity contribution < 1.29 is 4.42 Å². The Morgan fingerprint density at radius 2 is 1.93 bits per heavy atom. The number of oxazole rings is 1. The maximum absolute atomic E-state index is 9.48. The van der Waals surface area contributed by atoms with E-state index in [0.29, 0.717) is 23.5 Å². The molecular formula is C22H24N4O. The molecule has 0 amide bonds. The van der Waals surface area contributed by atoms with Crippen LogP contribution in [0.2, 0.25) is 0 Å². The summed E-state index contributed by atoms with van der Waals surface area (Å²) >= 11 is 0. The number of nitrogens with zero attached hydrogens (tertiary/aromatic N) is 3. The first-order valence-corrected chi connectivity index (χ1v) is 9.63. The van der Waals surface area contributed by atoms with Crippen LogP contribution in [0.4, 0.5) is 5.88 Å². The Hall–Kier alpha value is -2.84. The van der Waals surface area contributed by atoms with E-state index in [4.69, 9.17) is 4.42 Å². The van der Waals surface area contributed by atoms with Gasteiger partial charge in [0.1, 0.15) is 6.07 Å². The lowest BCUT2D eigenvalue weighted by Crippen LogP contribution is -2.41. The number of piperidine rings is 1. The van der Waals surface area contributed by atoms with Gasteiger partial charge in [0, 0.05) is 18.2 Å². The third kappa shape index (κ3) is 3.67. The van der Waals surface area contributed by atoms with Crippen molar-refractivity contribution in [2.45, 2.75) is 32.2 Å². The third-order valence-electron chi connectivity index (χ3n) is 5.33. The second-order valence-corrected chi connectivity index (χ2v) is 7.16. The minimum absolute atomic E-state index is 0.309. The first kappa shape index (κ1) is 17.6. The summed E-state index contributed by atoms with van der Waals surface area (Å²) in [6.45, 7) is 5.24. The van der Waals surface area contributed by atoms with Crippen LogP contribution in [0.25, 0.3) is 22.2 Å². The van der Waals surface area contributed by atoms with Gasteiger partial charge < -0.3 is 9.73 Å². The van der Waals surface area contributed by atoms with Crippen molar-refractivity contribution in [2.24, 2.45) is 0 Å². The van der Waals surface area contributed by atoms with E-state index in [-0.39, 0.29) is 0 Å². The number of aromatic nitrogens is 1. The highest BCUT2D eigenvalue weighted by Crippen LogP contribution is 2.31. The molecule has 2 aromatic carbocycles. The summed E-state index contributed by atoms with van der Waals surface area (Å²) < 4.78 is 5.97. The normalized spacial score (nSPS) is 16.1. The molecule has 1 aromatic heterocycles. The van der Waals surface area contributed by atoms with E-state index in [1.165, 1.54) is 19.3 Å². The molecule has 1 unspecified atom stereocenters. The van der Waals surface area contributed by atoms with Crippen molar-refractivity contribution in [3.05, 3.63) is 48.2 Å². The van der Waals surface area contributed by atoms with Gasteiger partial charge >= 0.3 is 0 Å². The maximum Gasteiger partial charge on any atom is 0.232 e. The summed E-state index contributed by atoms with van der Waals surface area (Å²) in [5.41, 5.74) is 1.21. The van der Waals surface area contributed by atoms with Gasteiger partial charge in [0.05, 0.1) is 0 Å². The van der Waals surface area contributed by atoms with E-state index in [0.717, 1.165) is 36.0 Å². The summed E-state index contributed by atoms with van der Waals surface area (Å²) in [5, 5.41) is 15.0. The lowest BCUT2D eigenvalue weighted by Gasteiger charge is -2.32. The minimum atomic E-state index is 0.309. The highest BCUT2D eigenvalue weighted by Gasteiger charge is 2.20. The van der Waals surface area contributed by atoms with E-state index >= 15 is 0 Å². The fourth-order valence-electron chi connectivity index (χ4n) is 3.77. The Kier molecular flexibility index (Phi) is 5.08. The van der Waals surface area contributed by atoms with E-state index in [2.05, 4.69) is 40.3 Å². The molecule has 1 fully saturated rings. The molecule has 1 atom stereocenters. The van der Waals surface area contributed by atoms with Crippen LogP contribution in [0.5, 0.6) is 0 Å². The molecular weight excluding hydrogens is 336 g/mol. The van der Waals surface area contributed by atoms with Gasteiger partial charge in [0.25, 0.3) is 0 Å². The van der Waals surface area contributed by atoms with Gasteiger partial charge in [0.2, 0.25) is 17.5 Å². The molecule has 1 N–H and O–H groups in total. The quantitative estimate of drug-likeness (QED) is 0.717. The van der Waals surface area contributed by atoms with Gasteiger partial charge in [0.15, 0.2) is 0 Å². The van der Waals surface area contributed by atoms with Gasteiger partial charge in [-0.25, -0.2) is 0 Å². The summed E-state index contributed by atoms with van der Waals surface area (Å²) in [6.07, 6.45) is 3.86. The molecule has 0 bridgehead atoms. The Balaban J connectivity index is 1.56. The van der Waals surface area contributed by atoms with E-state index in [9.17, 15) is 5.26 Å². The Morgan fingerprint density at radius 3 is 2.74 bits per heavy atom. The number of nitriles is 1. The van der Waals surface area contributed by atoms with Gasteiger partial charge in [-0.2, -0.15) is 10.2 Å². The van der Waals surface area contributed by atoms with Crippen LogP contribution in [0.15, 0.2) is 46.9 Å². The zero-order valence-electron chi connectivity index (χ0n) is 15.6. The lowest BCUT2D eigenvalue weighted by atomic mass is 10.0. The molecule has 1 aliphatic heterocycles. The number of likely N-dealkylation sites (tertiary alicyclic amines) is 1. The van der Waals surface area contributed by atoms with Crippen LogP contribution in [-0.2, 0) is 0 Å². The molecule has 5 nitrogen and oxygen atoms in total. The summed E-state index contributed by atoms with van der Waals surface area (Å²) in [4.78, 5) is 6.93. The predicted molar refractivity (Wildman–Crippen MR) is 108 cm³/mol. The number of benzene rings is 2. The number of hydrogen-bond donors (Lipinski definition) is 1. The topological polar surface area (TPSA) is 65.1 Å². The third-order valence-corrected chi connectivity index (χ3v) is 5.33. The van der Waals surface area contributed by atoms with Crippen LogP contribution in [0.1, 0.15) is 31.9 Å². The largest absolute Gasteiger partial charge is 0.419 e. The number of rotatable bonds is 5. The standard InChI is InChI=1S/C22H24N4O/c1-16(26-12-5-2-6-13-26)15-24-22-20(14-23)25-21(27-22)19-11-7-9-17-8-3-4-10-18(17)19/h3-4,7-11,16,24H,2,5-6,12-13,15H2,1H3. The van der Waals surface area contributed by atoms with Crippen molar-refractivity contribution in [1.29, 1.82) is 5.26 Å². The van der Waals surface area contributed by atoms with Crippen LogP contribution >= 0.6 is 0 Å². The van der Waals surface area contributed by atoms with Crippen molar-refractivity contribution in [2.75, 3.05) is 25.0 Å². The average molecular weight is 360 g/mol. The summed E-state index contributed by atoms with van der Waals surface area (Å²) in [5.74, 6) is 0.945. The first-order chi connectivity index (χ1) is 13.3. The molecule has 0 saturated carbocycles. The van der Waals surface area contributed by atoms with Crippen molar-refractivity contribution >= 4 is 16.7 Å². The van der Waals surface area contributed by atoms with E-state index in [1.54, 1.807) is 0 Å². The second kappa shape index (κ2) is 7.81. The summed E-state index contributed by atoms with van der Waals surface area (Å²) in [6, 6.07) is 16.7. The van der Waals surface area contributed by atoms with Crippen LogP contribution < -0.4 is 5.32 Å². The Morgan fingerprint density at radius 1 is 1.15 bits per heavy atom. The predicted octanol–water partition coefficient (Wildman–Crippen LogP) is 4.65. The minimum Gasteiger partial charge on any atom is -0.419 e. The van der Waals surface area contributed by atoms with Gasteiger partial charge in [-0.1, -0.05) is 42.8 Å².